The van der Waals surface area contributed by atoms with Crippen LogP contribution in [-0.2, 0) is 0 Å². The molecule has 7 heteroatoms. The van der Waals surface area contributed by atoms with Crippen molar-refractivity contribution in [2.24, 2.45) is 5.73 Å². The van der Waals surface area contributed by atoms with Gasteiger partial charge in [-0.05, 0) is 45.9 Å². The van der Waals surface area contributed by atoms with Crippen LogP contribution in [0.1, 0.15) is 40.0 Å². The quantitative estimate of drug-likeness (QED) is 0.674. The molecule has 0 unspecified atom stereocenters. The molecule has 162 valence electrons. The van der Waals surface area contributed by atoms with E-state index in [0.29, 0.717) is 17.7 Å². The second-order valence-corrected chi connectivity index (χ2v) is 8.68. The van der Waals surface area contributed by atoms with Crippen molar-refractivity contribution < 1.29 is 9.59 Å². The first kappa shape index (κ1) is 21.0. The van der Waals surface area contributed by atoms with Crippen LogP contribution in [0.3, 0.4) is 0 Å². The van der Waals surface area contributed by atoms with Crippen molar-refractivity contribution in [3.63, 3.8) is 0 Å². The van der Waals surface area contributed by atoms with Gasteiger partial charge in [0.05, 0.1) is 0 Å². The lowest BCUT2D eigenvalue weighted by Crippen LogP contribution is -2.53. The Kier molecular flexibility index (Phi) is 6.51. The minimum atomic E-state index is -0.266. The van der Waals surface area contributed by atoms with Crippen molar-refractivity contribution in [2.75, 3.05) is 59.4 Å². The van der Waals surface area contributed by atoms with Gasteiger partial charge in [-0.3, -0.25) is 14.5 Å². The van der Waals surface area contributed by atoms with Gasteiger partial charge in [-0.25, -0.2) is 0 Å². The van der Waals surface area contributed by atoms with Gasteiger partial charge in [0.2, 0.25) is 11.6 Å². The second kappa shape index (κ2) is 9.29. The smallest absolute Gasteiger partial charge is 0.211 e. The number of hydrogen-bond acceptors (Lipinski definition) is 7. The zero-order valence-corrected chi connectivity index (χ0v) is 17.9. The van der Waals surface area contributed by atoms with Gasteiger partial charge in [0, 0.05) is 49.9 Å². The molecular formula is C23H33N5O2. The standard InChI is InChI=1S/C23H33N5O2/c1-26-11-7-17(8-12-26)28-15-13-27(14-16-28)10-4-9-25-21-20(24)22(29)18-5-2-3-6-19(18)23(21)30/h2-3,5-6,17,25H,4,7-16,24H2,1H3. The van der Waals surface area contributed by atoms with Crippen LogP contribution in [0.2, 0.25) is 0 Å². The normalized spacial score (nSPS) is 22.4. The number of piperazine rings is 1. The van der Waals surface area contributed by atoms with Crippen LogP contribution >= 0.6 is 0 Å². The predicted molar refractivity (Wildman–Crippen MR) is 117 cm³/mol. The summed E-state index contributed by atoms with van der Waals surface area (Å²) < 4.78 is 0. The Bertz CT molecular complexity index is 821. The molecule has 0 amide bonds. The molecule has 0 spiro atoms. The van der Waals surface area contributed by atoms with Crippen LogP contribution in [0.5, 0.6) is 0 Å². The molecule has 1 aromatic carbocycles. The highest BCUT2D eigenvalue weighted by atomic mass is 16.1. The number of nitrogens with zero attached hydrogens (tertiary/aromatic N) is 3. The Balaban J connectivity index is 1.21. The largest absolute Gasteiger partial charge is 0.394 e. The first-order chi connectivity index (χ1) is 14.5. The Labute approximate surface area is 178 Å². The van der Waals surface area contributed by atoms with Crippen molar-refractivity contribution in [1.29, 1.82) is 0 Å². The summed E-state index contributed by atoms with van der Waals surface area (Å²) in [6, 6.07) is 7.62. The van der Waals surface area contributed by atoms with Crippen LogP contribution < -0.4 is 11.1 Å². The van der Waals surface area contributed by atoms with Gasteiger partial charge >= 0.3 is 0 Å². The third-order valence-electron chi connectivity index (χ3n) is 6.72. The molecule has 0 bridgehead atoms. The maximum Gasteiger partial charge on any atom is 0.211 e. The fraction of sp³-hybridized carbons (Fsp3) is 0.565. The number of benzene rings is 1. The number of nitrogens with two attached hydrogens (primary N) is 1. The van der Waals surface area contributed by atoms with Gasteiger partial charge in [0.15, 0.2) is 0 Å². The highest BCUT2D eigenvalue weighted by Crippen LogP contribution is 2.22. The van der Waals surface area contributed by atoms with Crippen molar-refractivity contribution in [3.05, 3.63) is 46.8 Å². The molecule has 2 heterocycles. The Morgan fingerprint density at radius 3 is 2.27 bits per heavy atom. The lowest BCUT2D eigenvalue weighted by Gasteiger charge is -2.42. The van der Waals surface area contributed by atoms with Gasteiger partial charge in [0.1, 0.15) is 11.4 Å². The molecule has 0 atom stereocenters. The molecule has 0 radical (unpaired) electrons. The van der Waals surface area contributed by atoms with Crippen molar-refractivity contribution in [2.45, 2.75) is 25.3 Å². The highest BCUT2D eigenvalue weighted by Gasteiger charge is 2.30. The van der Waals surface area contributed by atoms with E-state index in [1.165, 1.54) is 25.9 Å². The number of nitrogens with one attached hydrogen (secondary N) is 1. The number of fused-ring (bicyclic) bond motifs is 1. The van der Waals surface area contributed by atoms with E-state index in [4.69, 9.17) is 5.73 Å². The maximum atomic E-state index is 12.7. The fourth-order valence-electron chi connectivity index (χ4n) is 4.80. The molecule has 3 aliphatic rings. The topological polar surface area (TPSA) is 81.9 Å². The highest BCUT2D eigenvalue weighted by molar-refractivity contribution is 6.26. The molecular weight excluding hydrogens is 378 g/mol. The summed E-state index contributed by atoms with van der Waals surface area (Å²) in [6.45, 7) is 8.52. The number of carbonyl (C=O) groups excluding carboxylic acids is 2. The van der Waals surface area contributed by atoms with Gasteiger partial charge in [-0.1, -0.05) is 24.3 Å². The SMILES string of the molecule is CN1CCC(N2CCN(CCCNC3=C(N)C(=O)c4ccccc4C3=O)CC2)CC1. The monoisotopic (exact) mass is 411 g/mol. The lowest BCUT2D eigenvalue weighted by molar-refractivity contribution is 0.0643. The number of hydrogen-bond donors (Lipinski definition) is 2. The molecule has 30 heavy (non-hydrogen) atoms. The average Bonchev–Trinajstić information content (AvgIpc) is 2.78. The minimum Gasteiger partial charge on any atom is -0.394 e. The molecule has 2 fully saturated rings. The number of ketones is 2. The van der Waals surface area contributed by atoms with E-state index in [2.05, 4.69) is 27.1 Å². The lowest BCUT2D eigenvalue weighted by atomic mass is 9.90. The number of carbonyl (C=O) groups is 2. The van der Waals surface area contributed by atoms with Gasteiger partial charge in [-0.15, -0.1) is 0 Å². The van der Waals surface area contributed by atoms with E-state index in [9.17, 15) is 9.59 Å². The molecule has 2 saturated heterocycles. The molecule has 0 saturated carbocycles. The van der Waals surface area contributed by atoms with Crippen LogP contribution in [0.25, 0.3) is 0 Å². The summed E-state index contributed by atoms with van der Waals surface area (Å²) in [5, 5.41) is 3.14. The molecule has 2 aliphatic heterocycles. The number of Topliss-reactive ketones (excluding diaryl/α,β-unsaturated/α-hetero) is 2. The number of allylic oxidation sites excluding steroid dienone is 2. The first-order valence-corrected chi connectivity index (χ1v) is 11.1. The van der Waals surface area contributed by atoms with Crippen molar-refractivity contribution in [1.82, 2.24) is 20.0 Å². The van der Waals surface area contributed by atoms with E-state index in [-0.39, 0.29) is 23.0 Å². The number of likely N-dealkylation sites (tertiary alicyclic amines) is 1. The summed E-state index contributed by atoms with van der Waals surface area (Å²) in [4.78, 5) is 32.7. The Hall–Kier alpha value is -2.22. The molecule has 1 aromatic rings. The molecule has 4 rings (SSSR count). The summed E-state index contributed by atoms with van der Waals surface area (Å²) in [7, 11) is 2.21. The summed E-state index contributed by atoms with van der Waals surface area (Å²) >= 11 is 0. The van der Waals surface area contributed by atoms with Crippen LogP contribution in [0.15, 0.2) is 35.7 Å². The van der Waals surface area contributed by atoms with Crippen LogP contribution in [0.4, 0.5) is 0 Å². The molecule has 3 N–H and O–H groups in total. The maximum absolute atomic E-state index is 12.7. The predicted octanol–water partition coefficient (Wildman–Crippen LogP) is 0.927. The summed E-state index contributed by atoms with van der Waals surface area (Å²) in [6.07, 6.45) is 3.48. The van der Waals surface area contributed by atoms with Crippen LogP contribution in [-0.4, -0.2) is 91.7 Å². The number of piperidine rings is 1. The van der Waals surface area contributed by atoms with Crippen LogP contribution in [0, 0.1) is 0 Å². The zero-order chi connectivity index (χ0) is 21.1. The van der Waals surface area contributed by atoms with Gasteiger partial charge in [0.25, 0.3) is 0 Å². The fourth-order valence-corrected chi connectivity index (χ4v) is 4.80. The minimum absolute atomic E-state index is 0.0328. The second-order valence-electron chi connectivity index (χ2n) is 8.68. The third-order valence-corrected chi connectivity index (χ3v) is 6.72. The Morgan fingerprint density at radius 2 is 1.60 bits per heavy atom. The Morgan fingerprint density at radius 1 is 0.967 bits per heavy atom. The molecule has 1 aliphatic carbocycles. The summed E-state index contributed by atoms with van der Waals surface area (Å²) in [5.74, 6) is -0.452. The summed E-state index contributed by atoms with van der Waals surface area (Å²) in [5.41, 5.74) is 7.09. The number of rotatable bonds is 6. The van der Waals surface area contributed by atoms with E-state index >= 15 is 0 Å². The molecule has 0 aromatic heterocycles. The van der Waals surface area contributed by atoms with E-state index < -0.39 is 0 Å². The third kappa shape index (κ3) is 4.43. The first-order valence-electron chi connectivity index (χ1n) is 11.1. The van der Waals surface area contributed by atoms with E-state index in [1.807, 2.05) is 0 Å². The van der Waals surface area contributed by atoms with Crippen molar-refractivity contribution >= 4 is 11.6 Å². The average molecular weight is 412 g/mol. The van der Waals surface area contributed by atoms with E-state index in [0.717, 1.165) is 45.2 Å². The van der Waals surface area contributed by atoms with Gasteiger partial charge < -0.3 is 20.9 Å². The molecule has 7 nitrogen and oxygen atoms in total. The van der Waals surface area contributed by atoms with Gasteiger partial charge in [-0.2, -0.15) is 0 Å². The van der Waals surface area contributed by atoms with E-state index in [1.54, 1.807) is 24.3 Å². The van der Waals surface area contributed by atoms with Crippen molar-refractivity contribution in [3.8, 4) is 0 Å². The zero-order valence-electron chi connectivity index (χ0n) is 17.9.